The van der Waals surface area contributed by atoms with E-state index in [-0.39, 0.29) is 18.7 Å². The Kier molecular flexibility index (Phi) is 4.80. The second-order valence-corrected chi connectivity index (χ2v) is 8.30. The van der Waals surface area contributed by atoms with Gasteiger partial charge >= 0.3 is 5.97 Å². The molecule has 142 valence electrons. The number of unbranched alkanes of at least 4 members (excludes halogenated alkanes) is 1. The number of hydrogen-bond acceptors (Lipinski definition) is 4. The third kappa shape index (κ3) is 2.96. The van der Waals surface area contributed by atoms with E-state index in [1.54, 1.807) is 0 Å². The van der Waals surface area contributed by atoms with Gasteiger partial charge in [-0.05, 0) is 12.0 Å². The van der Waals surface area contributed by atoms with Crippen LogP contribution in [0.2, 0.25) is 0 Å². The molecule has 1 aromatic carbocycles. The van der Waals surface area contributed by atoms with E-state index in [2.05, 4.69) is 14.0 Å². The molecule has 26 heavy (non-hydrogen) atoms. The van der Waals surface area contributed by atoms with E-state index in [0.29, 0.717) is 24.3 Å². The predicted molar refractivity (Wildman–Crippen MR) is 97.6 cm³/mol. The molecule has 7 atom stereocenters. The van der Waals surface area contributed by atoms with E-state index >= 15 is 0 Å². The van der Waals surface area contributed by atoms with Crippen LogP contribution in [-0.2, 0) is 14.3 Å². The molecule has 1 N–H and O–H groups in total. The summed E-state index contributed by atoms with van der Waals surface area (Å²) in [5.41, 5.74) is 0.813. The van der Waals surface area contributed by atoms with Crippen LogP contribution < -0.4 is 0 Å². The van der Waals surface area contributed by atoms with Gasteiger partial charge in [0.05, 0.1) is 20.2 Å². The van der Waals surface area contributed by atoms with Gasteiger partial charge in [0.1, 0.15) is 36.3 Å². The minimum Gasteiger partial charge on any atom is -0.461 e. The second kappa shape index (κ2) is 6.95. The van der Waals surface area contributed by atoms with Crippen LogP contribution in [0.4, 0.5) is 0 Å². The highest BCUT2D eigenvalue weighted by atomic mass is 16.6. The maximum absolute atomic E-state index is 12.7. The van der Waals surface area contributed by atoms with E-state index in [9.17, 15) is 9.90 Å². The first-order chi connectivity index (χ1) is 12.6. The molecule has 4 rings (SSSR count). The molecule has 0 radical (unpaired) electrons. The number of benzene rings is 1. The number of epoxide rings is 1. The number of esters is 1. The van der Waals surface area contributed by atoms with Gasteiger partial charge in [-0.1, -0.05) is 43.7 Å². The van der Waals surface area contributed by atoms with Gasteiger partial charge in [-0.3, -0.25) is 4.79 Å². The van der Waals surface area contributed by atoms with Gasteiger partial charge in [0.2, 0.25) is 0 Å². The Bertz CT molecular complexity index is 631. The van der Waals surface area contributed by atoms with Gasteiger partial charge in [-0.25, -0.2) is 0 Å². The largest absolute Gasteiger partial charge is 0.461 e. The Balaban J connectivity index is 1.42. The SMILES string of the molecule is CCCC[N+]1(C)C2CC(OC(=O)[C@H](CO)c3ccccc3)CC1[C@@H]1O[C@H]21. The number of carbonyl (C=O) groups is 1. The quantitative estimate of drug-likeness (QED) is 0.460. The molecule has 3 aliphatic rings. The average molecular weight is 360 g/mol. The van der Waals surface area contributed by atoms with Gasteiger partial charge in [0, 0.05) is 12.8 Å². The number of morpholine rings is 1. The molecule has 4 unspecified atom stereocenters. The smallest absolute Gasteiger partial charge is 0.316 e. The molecule has 0 amide bonds. The van der Waals surface area contributed by atoms with Crippen molar-refractivity contribution in [3.8, 4) is 0 Å². The highest BCUT2D eigenvalue weighted by Crippen LogP contribution is 2.52. The zero-order chi connectivity index (χ0) is 18.3. The molecule has 3 heterocycles. The first-order valence-electron chi connectivity index (χ1n) is 9.95. The lowest BCUT2D eigenvalue weighted by molar-refractivity contribution is -0.956. The van der Waals surface area contributed by atoms with Crippen LogP contribution in [0.1, 0.15) is 44.1 Å². The van der Waals surface area contributed by atoms with Gasteiger partial charge in [-0.15, -0.1) is 0 Å². The van der Waals surface area contributed by atoms with Crippen molar-refractivity contribution in [2.24, 2.45) is 0 Å². The van der Waals surface area contributed by atoms with E-state index in [1.807, 2.05) is 30.3 Å². The molecular formula is C21H30NO4+. The van der Waals surface area contributed by atoms with Crippen LogP contribution in [0.3, 0.4) is 0 Å². The molecule has 0 aromatic heterocycles. The first-order valence-corrected chi connectivity index (χ1v) is 9.95. The highest BCUT2D eigenvalue weighted by Gasteiger charge is 2.71. The number of ether oxygens (including phenoxy) is 2. The number of rotatable bonds is 7. The summed E-state index contributed by atoms with van der Waals surface area (Å²) in [7, 11) is 2.36. The summed E-state index contributed by atoms with van der Waals surface area (Å²) in [5, 5.41) is 9.70. The van der Waals surface area contributed by atoms with Crippen molar-refractivity contribution < 1.29 is 23.9 Å². The second-order valence-electron chi connectivity index (χ2n) is 8.30. The molecule has 5 heteroatoms. The molecule has 0 spiro atoms. The van der Waals surface area contributed by atoms with Crippen LogP contribution in [0, 0.1) is 0 Å². The standard InChI is InChI=1S/C21H30NO4/c1-3-4-10-22(2)17-11-15(12-18(22)20-19(17)26-20)25-21(24)16(13-23)14-8-6-5-7-9-14/h5-9,15-20,23H,3-4,10-13H2,1-2H3/q+1/t15?,16-,17?,18?,19-,20+,22?/m1/s1. The zero-order valence-electron chi connectivity index (χ0n) is 15.7. The number of hydrogen-bond donors (Lipinski definition) is 1. The fourth-order valence-electron chi connectivity index (χ4n) is 5.23. The monoisotopic (exact) mass is 360 g/mol. The number of fused-ring (bicyclic) bond motifs is 5. The highest BCUT2D eigenvalue weighted by molar-refractivity contribution is 5.78. The van der Waals surface area contributed by atoms with Crippen molar-refractivity contribution in [1.29, 1.82) is 0 Å². The molecule has 3 aliphatic heterocycles. The Morgan fingerprint density at radius 1 is 1.27 bits per heavy atom. The number of quaternary nitrogens is 1. The maximum Gasteiger partial charge on any atom is 0.316 e. The van der Waals surface area contributed by atoms with Gasteiger partial charge < -0.3 is 19.1 Å². The average Bonchev–Trinajstić information content (AvgIpc) is 3.40. The lowest BCUT2D eigenvalue weighted by Crippen LogP contribution is -2.62. The van der Waals surface area contributed by atoms with Crippen molar-refractivity contribution in [2.75, 3.05) is 20.2 Å². The summed E-state index contributed by atoms with van der Waals surface area (Å²) < 4.78 is 12.9. The Morgan fingerprint density at radius 2 is 1.92 bits per heavy atom. The number of aliphatic hydroxyl groups is 1. The Labute approximate surface area is 155 Å². The molecule has 5 nitrogen and oxygen atoms in total. The van der Waals surface area contributed by atoms with Gasteiger partial charge in [-0.2, -0.15) is 0 Å². The van der Waals surface area contributed by atoms with E-state index in [4.69, 9.17) is 9.47 Å². The minimum atomic E-state index is -0.595. The van der Waals surface area contributed by atoms with E-state index < -0.39 is 5.92 Å². The maximum atomic E-state index is 12.7. The number of carbonyl (C=O) groups excluding carboxylic acids is 1. The van der Waals surface area contributed by atoms with Crippen LogP contribution >= 0.6 is 0 Å². The third-order valence-corrected chi connectivity index (χ3v) is 6.79. The van der Waals surface area contributed by atoms with Crippen molar-refractivity contribution in [3.05, 3.63) is 35.9 Å². The molecule has 3 saturated heterocycles. The van der Waals surface area contributed by atoms with E-state index in [1.165, 1.54) is 19.4 Å². The number of likely N-dealkylation sites (N-methyl/N-ethyl adjacent to an activating group) is 1. The van der Waals surface area contributed by atoms with Crippen molar-refractivity contribution in [2.45, 2.75) is 68.9 Å². The van der Waals surface area contributed by atoms with Crippen LogP contribution in [0.5, 0.6) is 0 Å². The summed E-state index contributed by atoms with van der Waals surface area (Å²) in [5.74, 6) is -0.898. The molecule has 0 saturated carbocycles. The molecule has 3 fully saturated rings. The van der Waals surface area contributed by atoms with Crippen molar-refractivity contribution in [3.63, 3.8) is 0 Å². The molecular weight excluding hydrogens is 330 g/mol. The molecule has 0 aliphatic carbocycles. The zero-order valence-corrected chi connectivity index (χ0v) is 15.7. The normalized spacial score (nSPS) is 38.5. The number of nitrogens with zero attached hydrogens (tertiary/aromatic N) is 1. The summed E-state index contributed by atoms with van der Waals surface area (Å²) >= 11 is 0. The number of piperidine rings is 1. The fourth-order valence-corrected chi connectivity index (χ4v) is 5.23. The first kappa shape index (κ1) is 18.0. The van der Waals surface area contributed by atoms with Crippen LogP contribution in [0.25, 0.3) is 0 Å². The lowest BCUT2D eigenvalue weighted by Gasteiger charge is -2.48. The summed E-state index contributed by atoms with van der Waals surface area (Å²) in [6.45, 7) is 3.20. The topological polar surface area (TPSA) is 59.1 Å². The van der Waals surface area contributed by atoms with Gasteiger partial charge in [0.25, 0.3) is 0 Å². The lowest BCUT2D eigenvalue weighted by atomic mass is 9.94. The molecule has 1 aromatic rings. The summed E-state index contributed by atoms with van der Waals surface area (Å²) in [6.07, 6.45) is 4.83. The number of aliphatic hydroxyl groups excluding tert-OH is 1. The molecule has 2 bridgehead atoms. The van der Waals surface area contributed by atoms with Gasteiger partial charge in [0.15, 0.2) is 0 Å². The van der Waals surface area contributed by atoms with E-state index in [0.717, 1.165) is 22.9 Å². The fraction of sp³-hybridized carbons (Fsp3) is 0.667. The summed E-state index contributed by atoms with van der Waals surface area (Å²) in [4.78, 5) is 12.7. The Hall–Kier alpha value is -1.43. The van der Waals surface area contributed by atoms with Crippen LogP contribution in [-0.4, -0.2) is 66.2 Å². The van der Waals surface area contributed by atoms with Crippen molar-refractivity contribution in [1.82, 2.24) is 0 Å². The minimum absolute atomic E-state index is 0.0560. The predicted octanol–water partition coefficient (Wildman–Crippen LogP) is 2.23. The Morgan fingerprint density at radius 3 is 2.50 bits per heavy atom. The van der Waals surface area contributed by atoms with Crippen LogP contribution in [0.15, 0.2) is 30.3 Å². The van der Waals surface area contributed by atoms with Crippen molar-refractivity contribution >= 4 is 5.97 Å². The summed E-state index contributed by atoms with van der Waals surface area (Å²) in [6, 6.07) is 10.3. The third-order valence-electron chi connectivity index (χ3n) is 6.79.